The molecule has 0 radical (unpaired) electrons. The van der Waals surface area contributed by atoms with E-state index < -0.39 is 16.1 Å². The maximum Gasteiger partial charge on any atom is 0.229 e. The van der Waals surface area contributed by atoms with E-state index in [0.29, 0.717) is 31.1 Å². The first-order valence-corrected chi connectivity index (χ1v) is 17.3. The number of benzene rings is 5. The lowest BCUT2D eigenvalue weighted by molar-refractivity contribution is 0.133. The normalized spacial score (nSPS) is 12.6. The van der Waals surface area contributed by atoms with Crippen LogP contribution in [0.4, 0.5) is 5.69 Å². The van der Waals surface area contributed by atoms with Gasteiger partial charge in [0.15, 0.2) is 0 Å². The molecule has 5 aromatic rings. The standard InChI is InChI=1S/C38H40N2O6S/c1-28(38(41)33-17-22-37(36(25-33)40-47(2,42)43)46-27-30-11-7-4-8-12-30)39-23-24-44-34-18-13-31(14-19-34)32-15-20-35(21-16-32)45-26-29-9-5-3-6-10-29/h3-22,25,28,38-41H,23-24,26-27H2,1-2H3. The van der Waals surface area contributed by atoms with Gasteiger partial charge in [0.05, 0.1) is 18.0 Å². The third-order valence-electron chi connectivity index (χ3n) is 7.48. The number of hydrogen-bond donors (Lipinski definition) is 3. The van der Waals surface area contributed by atoms with Crippen LogP contribution in [0, 0.1) is 0 Å². The zero-order valence-electron chi connectivity index (χ0n) is 26.5. The van der Waals surface area contributed by atoms with Gasteiger partial charge in [-0.05, 0) is 71.1 Å². The van der Waals surface area contributed by atoms with Crippen molar-refractivity contribution in [2.45, 2.75) is 32.3 Å². The number of rotatable bonds is 16. The van der Waals surface area contributed by atoms with Gasteiger partial charge in [-0.1, -0.05) is 91.0 Å². The number of nitrogens with one attached hydrogen (secondary N) is 2. The molecule has 5 rings (SSSR count). The van der Waals surface area contributed by atoms with E-state index in [1.807, 2.05) is 116 Å². The third kappa shape index (κ3) is 10.3. The van der Waals surface area contributed by atoms with E-state index in [9.17, 15) is 13.5 Å². The van der Waals surface area contributed by atoms with Crippen LogP contribution in [0.3, 0.4) is 0 Å². The Morgan fingerprint density at radius 3 is 1.77 bits per heavy atom. The van der Waals surface area contributed by atoms with Crippen molar-refractivity contribution < 1.29 is 27.7 Å². The van der Waals surface area contributed by atoms with Crippen molar-refractivity contribution in [2.24, 2.45) is 0 Å². The van der Waals surface area contributed by atoms with Crippen molar-refractivity contribution in [1.82, 2.24) is 5.32 Å². The quantitative estimate of drug-likeness (QED) is 0.0989. The van der Waals surface area contributed by atoms with Crippen LogP contribution in [0.15, 0.2) is 127 Å². The summed E-state index contributed by atoms with van der Waals surface area (Å²) in [5.74, 6) is 1.94. The van der Waals surface area contributed by atoms with Gasteiger partial charge in [0.25, 0.3) is 0 Å². The molecule has 2 unspecified atom stereocenters. The number of aliphatic hydroxyl groups is 1. The molecule has 0 fully saturated rings. The van der Waals surface area contributed by atoms with Crippen LogP contribution < -0.4 is 24.2 Å². The Bertz CT molecular complexity index is 1800. The van der Waals surface area contributed by atoms with Crippen LogP contribution in [0.1, 0.15) is 29.7 Å². The van der Waals surface area contributed by atoms with E-state index in [4.69, 9.17) is 14.2 Å². The fourth-order valence-electron chi connectivity index (χ4n) is 4.96. The highest BCUT2D eigenvalue weighted by Crippen LogP contribution is 2.31. The molecule has 8 nitrogen and oxygen atoms in total. The predicted octanol–water partition coefficient (Wildman–Crippen LogP) is 6.97. The molecule has 47 heavy (non-hydrogen) atoms. The Balaban J connectivity index is 1.09. The Morgan fingerprint density at radius 2 is 1.21 bits per heavy atom. The smallest absolute Gasteiger partial charge is 0.229 e. The van der Waals surface area contributed by atoms with Gasteiger partial charge in [-0.3, -0.25) is 4.72 Å². The summed E-state index contributed by atoms with van der Waals surface area (Å²) in [4.78, 5) is 0. The van der Waals surface area contributed by atoms with Gasteiger partial charge in [0.1, 0.15) is 37.1 Å². The van der Waals surface area contributed by atoms with Gasteiger partial charge >= 0.3 is 0 Å². The molecule has 0 heterocycles. The summed E-state index contributed by atoms with van der Waals surface area (Å²) in [5, 5.41) is 14.3. The summed E-state index contributed by atoms with van der Waals surface area (Å²) < 4.78 is 44.3. The van der Waals surface area contributed by atoms with E-state index in [1.54, 1.807) is 18.2 Å². The summed E-state index contributed by atoms with van der Waals surface area (Å²) >= 11 is 0. The first kappa shape index (κ1) is 33.5. The van der Waals surface area contributed by atoms with Crippen LogP contribution in [0.5, 0.6) is 17.2 Å². The number of sulfonamides is 1. The summed E-state index contributed by atoms with van der Waals surface area (Å²) in [6, 6.07) is 40.3. The van der Waals surface area contributed by atoms with Gasteiger partial charge in [-0.15, -0.1) is 0 Å². The maximum atomic E-state index is 12.0. The second-order valence-corrected chi connectivity index (χ2v) is 13.0. The fourth-order valence-corrected chi connectivity index (χ4v) is 5.52. The summed E-state index contributed by atoms with van der Waals surface area (Å²) in [5.41, 5.74) is 5.05. The monoisotopic (exact) mass is 652 g/mol. The van der Waals surface area contributed by atoms with E-state index in [0.717, 1.165) is 40.0 Å². The molecule has 0 aromatic heterocycles. The molecule has 0 aliphatic carbocycles. The van der Waals surface area contributed by atoms with Gasteiger partial charge in [0.2, 0.25) is 10.0 Å². The molecule has 0 amide bonds. The van der Waals surface area contributed by atoms with E-state index in [1.165, 1.54) is 0 Å². The summed E-state index contributed by atoms with van der Waals surface area (Å²) in [6.07, 6.45) is 0.183. The van der Waals surface area contributed by atoms with Gasteiger partial charge in [-0.2, -0.15) is 0 Å². The second-order valence-electron chi connectivity index (χ2n) is 11.3. The molecule has 9 heteroatoms. The van der Waals surface area contributed by atoms with E-state index in [-0.39, 0.29) is 18.3 Å². The topological polar surface area (TPSA) is 106 Å². The molecule has 0 saturated carbocycles. The Kier molecular flexibility index (Phi) is 11.5. The van der Waals surface area contributed by atoms with Crippen molar-refractivity contribution in [3.63, 3.8) is 0 Å². The third-order valence-corrected chi connectivity index (χ3v) is 8.07. The number of hydrogen-bond acceptors (Lipinski definition) is 7. The van der Waals surface area contributed by atoms with Gasteiger partial charge < -0.3 is 24.6 Å². The molecule has 0 spiro atoms. The number of aliphatic hydroxyl groups excluding tert-OH is 1. The van der Waals surface area contributed by atoms with Crippen LogP contribution in [-0.4, -0.2) is 39.0 Å². The zero-order chi connectivity index (χ0) is 33.1. The fraction of sp³-hybridized carbons (Fsp3) is 0.211. The number of anilines is 1. The molecule has 3 N–H and O–H groups in total. The summed E-state index contributed by atoms with van der Waals surface area (Å²) in [6.45, 7) is 3.57. The van der Waals surface area contributed by atoms with Crippen molar-refractivity contribution >= 4 is 15.7 Å². The predicted molar refractivity (Wildman–Crippen MR) is 186 cm³/mol. The minimum absolute atomic E-state index is 0.270. The van der Waals surface area contributed by atoms with E-state index >= 15 is 0 Å². The molecule has 5 aromatic carbocycles. The second kappa shape index (κ2) is 16.1. The van der Waals surface area contributed by atoms with Crippen LogP contribution in [0.2, 0.25) is 0 Å². The Labute approximate surface area is 277 Å². The lowest BCUT2D eigenvalue weighted by Gasteiger charge is -2.22. The highest BCUT2D eigenvalue weighted by atomic mass is 32.2. The van der Waals surface area contributed by atoms with E-state index in [2.05, 4.69) is 10.0 Å². The summed E-state index contributed by atoms with van der Waals surface area (Å²) in [7, 11) is -3.57. The zero-order valence-corrected chi connectivity index (χ0v) is 27.3. The van der Waals surface area contributed by atoms with Crippen molar-refractivity contribution in [1.29, 1.82) is 0 Å². The highest BCUT2D eigenvalue weighted by Gasteiger charge is 2.19. The first-order valence-electron chi connectivity index (χ1n) is 15.4. The molecule has 0 aliphatic rings. The van der Waals surface area contributed by atoms with Crippen molar-refractivity contribution in [3.05, 3.63) is 144 Å². The molecule has 2 atom stereocenters. The lowest BCUT2D eigenvalue weighted by atomic mass is 10.0. The van der Waals surface area contributed by atoms with Crippen LogP contribution in [-0.2, 0) is 23.2 Å². The average molecular weight is 653 g/mol. The van der Waals surface area contributed by atoms with Gasteiger partial charge in [0, 0.05) is 12.6 Å². The first-order chi connectivity index (χ1) is 22.7. The lowest BCUT2D eigenvalue weighted by Crippen LogP contribution is -2.35. The molecule has 0 aliphatic heterocycles. The minimum Gasteiger partial charge on any atom is -0.492 e. The largest absolute Gasteiger partial charge is 0.492 e. The Hall–Kier alpha value is -4.83. The molecule has 0 saturated heterocycles. The van der Waals surface area contributed by atoms with Crippen molar-refractivity contribution in [3.8, 4) is 28.4 Å². The molecule has 0 bridgehead atoms. The highest BCUT2D eigenvalue weighted by molar-refractivity contribution is 7.92. The van der Waals surface area contributed by atoms with Crippen LogP contribution in [0.25, 0.3) is 11.1 Å². The van der Waals surface area contributed by atoms with Crippen molar-refractivity contribution in [2.75, 3.05) is 24.1 Å². The molecular formula is C38H40N2O6S. The Morgan fingerprint density at radius 1 is 0.681 bits per heavy atom. The minimum atomic E-state index is -3.57. The van der Waals surface area contributed by atoms with Crippen LogP contribution >= 0.6 is 0 Å². The molecule has 244 valence electrons. The average Bonchev–Trinajstić information content (AvgIpc) is 3.09. The number of ether oxygens (including phenoxy) is 3. The van der Waals surface area contributed by atoms with Gasteiger partial charge in [-0.25, -0.2) is 8.42 Å². The molecular weight excluding hydrogens is 612 g/mol. The SMILES string of the molecule is CC(NCCOc1ccc(-c2ccc(OCc3ccccc3)cc2)cc1)C(O)c1ccc(OCc2ccccc2)c(NS(C)(=O)=O)c1. The maximum absolute atomic E-state index is 12.0.